The standard InChI is InChI=1S/C24H22N2O4/c27-18(25-9-11-30-12-10-25)13-26-23(28)21-19-14-5-1-2-6-15(14)20(22(21)24(26)29)17-8-4-3-7-16(17)19/h1-8,19-22H,9-13H2/t19?,20?,21-,22-/m1/s1. The van der Waals surface area contributed by atoms with Crippen LogP contribution in [0.1, 0.15) is 34.1 Å². The van der Waals surface area contributed by atoms with Crippen molar-refractivity contribution >= 4 is 17.7 Å². The molecule has 2 heterocycles. The monoisotopic (exact) mass is 402 g/mol. The molecule has 3 amide bonds. The zero-order valence-electron chi connectivity index (χ0n) is 16.5. The highest BCUT2D eigenvalue weighted by Gasteiger charge is 2.61. The molecule has 2 aromatic carbocycles. The van der Waals surface area contributed by atoms with E-state index in [1.807, 2.05) is 24.3 Å². The van der Waals surface area contributed by atoms with Crippen LogP contribution in [-0.2, 0) is 19.1 Å². The molecule has 3 aliphatic carbocycles. The number of likely N-dealkylation sites (tertiary alicyclic amines) is 1. The number of imide groups is 1. The van der Waals surface area contributed by atoms with Gasteiger partial charge in [-0.15, -0.1) is 0 Å². The predicted molar refractivity (Wildman–Crippen MR) is 108 cm³/mol. The van der Waals surface area contributed by atoms with E-state index in [1.54, 1.807) is 4.90 Å². The van der Waals surface area contributed by atoms with Gasteiger partial charge in [0, 0.05) is 24.9 Å². The lowest BCUT2D eigenvalue weighted by atomic mass is 9.55. The molecule has 0 saturated carbocycles. The number of morpholine rings is 1. The van der Waals surface area contributed by atoms with Gasteiger partial charge in [0.2, 0.25) is 17.7 Å². The van der Waals surface area contributed by atoms with E-state index in [4.69, 9.17) is 4.74 Å². The minimum atomic E-state index is -0.426. The summed E-state index contributed by atoms with van der Waals surface area (Å²) in [5, 5.41) is 0. The first kappa shape index (κ1) is 17.8. The maximum Gasteiger partial charge on any atom is 0.242 e. The molecule has 2 saturated heterocycles. The summed E-state index contributed by atoms with van der Waals surface area (Å²) in [6.07, 6.45) is 0. The van der Waals surface area contributed by atoms with Crippen molar-refractivity contribution in [3.63, 3.8) is 0 Å². The zero-order valence-corrected chi connectivity index (χ0v) is 16.5. The fourth-order valence-electron chi connectivity index (χ4n) is 5.94. The third kappa shape index (κ3) is 2.31. The SMILES string of the molecule is O=C(CN1C(=O)[C@@H]2C3c4ccccc4C(c4ccccc43)[C@H]2C1=O)N1CCOCC1. The first-order valence-electron chi connectivity index (χ1n) is 10.5. The number of hydrogen-bond acceptors (Lipinski definition) is 4. The van der Waals surface area contributed by atoms with Crippen LogP contribution in [0.2, 0.25) is 0 Å². The third-order valence-corrected chi connectivity index (χ3v) is 7.20. The molecule has 2 aliphatic heterocycles. The Bertz CT molecular complexity index is 959. The normalized spacial score (nSPS) is 28.9. The van der Waals surface area contributed by atoms with Gasteiger partial charge >= 0.3 is 0 Å². The van der Waals surface area contributed by atoms with Gasteiger partial charge in [-0.3, -0.25) is 19.3 Å². The number of carbonyl (C=O) groups is 3. The number of nitrogens with zero attached hydrogens (tertiary/aromatic N) is 2. The van der Waals surface area contributed by atoms with Crippen molar-refractivity contribution in [2.45, 2.75) is 11.8 Å². The molecule has 0 aromatic heterocycles. The molecule has 0 N–H and O–H groups in total. The smallest absolute Gasteiger partial charge is 0.242 e. The van der Waals surface area contributed by atoms with E-state index in [-0.39, 0.29) is 36.1 Å². The highest BCUT2D eigenvalue weighted by atomic mass is 16.5. The summed E-state index contributed by atoms with van der Waals surface area (Å²) in [4.78, 5) is 42.7. The number of hydrogen-bond donors (Lipinski definition) is 0. The number of amides is 3. The van der Waals surface area contributed by atoms with Gasteiger partial charge in [0.1, 0.15) is 6.54 Å². The highest BCUT2D eigenvalue weighted by Crippen LogP contribution is 2.60. The largest absolute Gasteiger partial charge is 0.378 e. The van der Waals surface area contributed by atoms with E-state index in [0.29, 0.717) is 26.3 Å². The van der Waals surface area contributed by atoms with E-state index in [2.05, 4.69) is 24.3 Å². The molecule has 6 heteroatoms. The van der Waals surface area contributed by atoms with E-state index in [9.17, 15) is 14.4 Å². The van der Waals surface area contributed by atoms with Crippen molar-refractivity contribution in [1.82, 2.24) is 9.80 Å². The third-order valence-electron chi connectivity index (χ3n) is 7.20. The minimum Gasteiger partial charge on any atom is -0.378 e. The molecular formula is C24H22N2O4. The van der Waals surface area contributed by atoms with Crippen LogP contribution >= 0.6 is 0 Å². The Morgan fingerprint density at radius 2 is 1.23 bits per heavy atom. The lowest BCUT2D eigenvalue weighted by molar-refractivity contribution is -0.148. The molecule has 0 unspecified atom stereocenters. The maximum atomic E-state index is 13.5. The molecule has 30 heavy (non-hydrogen) atoms. The van der Waals surface area contributed by atoms with Crippen LogP contribution < -0.4 is 0 Å². The summed E-state index contributed by atoms with van der Waals surface area (Å²) in [6, 6.07) is 16.3. The van der Waals surface area contributed by atoms with Gasteiger partial charge < -0.3 is 9.64 Å². The van der Waals surface area contributed by atoms with Crippen LogP contribution in [0.25, 0.3) is 0 Å². The second-order valence-corrected chi connectivity index (χ2v) is 8.52. The second kappa shape index (κ2) is 6.51. The quantitative estimate of drug-likeness (QED) is 0.718. The van der Waals surface area contributed by atoms with Crippen molar-refractivity contribution in [3.8, 4) is 0 Å². The van der Waals surface area contributed by atoms with Crippen molar-refractivity contribution in [3.05, 3.63) is 70.8 Å². The lowest BCUT2D eigenvalue weighted by Gasteiger charge is -2.45. The van der Waals surface area contributed by atoms with Gasteiger partial charge in [0.25, 0.3) is 0 Å². The average molecular weight is 402 g/mol. The van der Waals surface area contributed by atoms with Crippen LogP contribution in [0.5, 0.6) is 0 Å². The van der Waals surface area contributed by atoms with Crippen molar-refractivity contribution in [1.29, 1.82) is 0 Å². The molecular weight excluding hydrogens is 380 g/mol. The molecule has 5 aliphatic rings. The molecule has 0 radical (unpaired) electrons. The van der Waals surface area contributed by atoms with Gasteiger partial charge in [-0.1, -0.05) is 48.5 Å². The van der Waals surface area contributed by atoms with Gasteiger partial charge in [-0.2, -0.15) is 0 Å². The maximum absolute atomic E-state index is 13.5. The lowest BCUT2D eigenvalue weighted by Crippen LogP contribution is -2.47. The minimum absolute atomic E-state index is 0.132. The topological polar surface area (TPSA) is 66.9 Å². The molecule has 2 atom stereocenters. The van der Waals surface area contributed by atoms with E-state index in [1.165, 1.54) is 4.90 Å². The number of ether oxygens (including phenoxy) is 1. The Morgan fingerprint density at radius 3 is 1.67 bits per heavy atom. The number of benzene rings is 2. The first-order valence-corrected chi connectivity index (χ1v) is 10.5. The van der Waals surface area contributed by atoms with Crippen LogP contribution in [0.4, 0.5) is 0 Å². The fourth-order valence-corrected chi connectivity index (χ4v) is 5.94. The van der Waals surface area contributed by atoms with Crippen molar-refractivity contribution in [2.24, 2.45) is 11.8 Å². The Hall–Kier alpha value is -2.99. The number of rotatable bonds is 2. The highest BCUT2D eigenvalue weighted by molar-refractivity contribution is 6.09. The molecule has 7 rings (SSSR count). The van der Waals surface area contributed by atoms with E-state index < -0.39 is 11.8 Å². The van der Waals surface area contributed by atoms with Crippen LogP contribution in [0.3, 0.4) is 0 Å². The summed E-state index contributed by atoms with van der Waals surface area (Å²) in [6.45, 7) is 1.83. The average Bonchev–Trinajstić information content (AvgIpc) is 3.05. The zero-order chi connectivity index (χ0) is 20.4. The molecule has 2 fully saturated rings. The Morgan fingerprint density at radius 1 is 0.800 bits per heavy atom. The second-order valence-electron chi connectivity index (χ2n) is 8.52. The summed E-state index contributed by atoms with van der Waals surface area (Å²) >= 11 is 0. The number of carbonyl (C=O) groups excluding carboxylic acids is 3. The Balaban J connectivity index is 1.39. The van der Waals surface area contributed by atoms with Crippen molar-refractivity contribution < 1.29 is 19.1 Å². The fraction of sp³-hybridized carbons (Fsp3) is 0.375. The Kier molecular flexibility index (Phi) is 3.87. The first-order chi connectivity index (χ1) is 14.7. The van der Waals surface area contributed by atoms with Gasteiger partial charge in [-0.05, 0) is 22.3 Å². The van der Waals surface area contributed by atoms with Gasteiger partial charge in [0.05, 0.1) is 25.0 Å². The van der Waals surface area contributed by atoms with E-state index in [0.717, 1.165) is 22.3 Å². The Labute approximate surface area is 174 Å². The van der Waals surface area contributed by atoms with Crippen LogP contribution in [0.15, 0.2) is 48.5 Å². The molecule has 2 bridgehead atoms. The van der Waals surface area contributed by atoms with Crippen molar-refractivity contribution in [2.75, 3.05) is 32.8 Å². The van der Waals surface area contributed by atoms with E-state index >= 15 is 0 Å². The molecule has 2 aromatic rings. The summed E-state index contributed by atoms with van der Waals surface area (Å²) in [5.74, 6) is -1.70. The van der Waals surface area contributed by atoms with Crippen LogP contribution in [0, 0.1) is 11.8 Å². The summed E-state index contributed by atoms with van der Waals surface area (Å²) in [7, 11) is 0. The molecule has 152 valence electrons. The molecule has 6 nitrogen and oxygen atoms in total. The molecule has 0 spiro atoms. The summed E-state index contributed by atoms with van der Waals surface area (Å²) < 4.78 is 5.31. The summed E-state index contributed by atoms with van der Waals surface area (Å²) in [5.41, 5.74) is 4.57. The van der Waals surface area contributed by atoms with Gasteiger partial charge in [0.15, 0.2) is 0 Å². The predicted octanol–water partition coefficient (Wildman–Crippen LogP) is 1.74. The van der Waals surface area contributed by atoms with Gasteiger partial charge in [-0.25, -0.2) is 0 Å². The van der Waals surface area contributed by atoms with Crippen LogP contribution in [-0.4, -0.2) is 60.4 Å².